The standard InChI is InChI=1S/C12H6O3/c13-7-8-1-2-9-3-4-10(12(14)15)6-11(9)5-8/h1-6H. The first-order valence-corrected chi connectivity index (χ1v) is 4.34. The molecule has 15 heavy (non-hydrogen) atoms. The van der Waals surface area contributed by atoms with Crippen molar-refractivity contribution in [1.29, 1.82) is 0 Å². The van der Waals surface area contributed by atoms with Crippen molar-refractivity contribution in [2.45, 2.75) is 0 Å². The molecule has 0 amide bonds. The van der Waals surface area contributed by atoms with Gasteiger partial charge in [-0.15, -0.1) is 0 Å². The lowest BCUT2D eigenvalue weighted by atomic mass is 10.0. The van der Waals surface area contributed by atoms with Crippen LogP contribution in [0.25, 0.3) is 10.8 Å². The summed E-state index contributed by atoms with van der Waals surface area (Å²) in [6, 6.07) is 9.60. The van der Waals surface area contributed by atoms with Crippen LogP contribution in [-0.2, 0) is 9.90 Å². The number of benzene rings is 2. The Bertz CT molecular complexity index is 544. The first-order valence-electron chi connectivity index (χ1n) is 4.34. The van der Waals surface area contributed by atoms with Gasteiger partial charge < -0.3 is 0 Å². The van der Waals surface area contributed by atoms with E-state index in [0.717, 1.165) is 5.39 Å². The summed E-state index contributed by atoms with van der Waals surface area (Å²) < 4.78 is 0. The number of fused-ring (bicyclic) bond motifs is 1. The summed E-state index contributed by atoms with van der Waals surface area (Å²) in [5.74, 6) is -1.22. The Morgan fingerprint density at radius 3 is 2.40 bits per heavy atom. The normalized spacial score (nSPS) is 10.1. The van der Waals surface area contributed by atoms with Gasteiger partial charge in [-0.1, -0.05) is 18.2 Å². The molecule has 0 aliphatic carbocycles. The fourth-order valence-electron chi connectivity index (χ4n) is 1.44. The summed E-state index contributed by atoms with van der Waals surface area (Å²) >= 11 is 0. The minimum absolute atomic E-state index is 0.102. The lowest BCUT2D eigenvalue weighted by Crippen LogP contribution is -1.93. The zero-order valence-corrected chi connectivity index (χ0v) is 7.69. The van der Waals surface area contributed by atoms with Crippen LogP contribution in [0.1, 0.15) is 15.9 Å². The van der Waals surface area contributed by atoms with Crippen molar-refractivity contribution >= 4 is 23.0 Å². The molecule has 0 saturated carbocycles. The number of hydrogen-bond acceptors (Lipinski definition) is 2. The highest BCUT2D eigenvalue weighted by atomic mass is 16.4. The fraction of sp³-hybridized carbons (Fsp3) is 0. The summed E-state index contributed by atoms with van der Waals surface area (Å²) in [6.45, 7) is 0. The van der Waals surface area contributed by atoms with Gasteiger partial charge in [-0.25, -0.2) is 9.90 Å². The third kappa shape index (κ3) is 1.72. The molecule has 0 unspecified atom stereocenters. The maximum absolute atomic E-state index is 10.6. The fourth-order valence-corrected chi connectivity index (χ4v) is 1.44. The van der Waals surface area contributed by atoms with E-state index in [9.17, 15) is 14.7 Å². The first-order chi connectivity index (χ1) is 7.20. The van der Waals surface area contributed by atoms with Gasteiger partial charge >= 0.3 is 5.97 Å². The molecule has 0 fully saturated rings. The van der Waals surface area contributed by atoms with Gasteiger partial charge in [-0.3, -0.25) is 4.79 Å². The van der Waals surface area contributed by atoms with E-state index in [1.54, 1.807) is 30.6 Å². The average molecular weight is 198 g/mol. The summed E-state index contributed by atoms with van der Waals surface area (Å²) in [5, 5.41) is 12.2. The van der Waals surface area contributed by atoms with Crippen molar-refractivity contribution in [2.24, 2.45) is 0 Å². The van der Waals surface area contributed by atoms with Gasteiger partial charge in [-0.05, 0) is 29.0 Å². The Kier molecular flexibility index (Phi) is 2.21. The molecule has 0 heterocycles. The number of rotatable bonds is 2. The van der Waals surface area contributed by atoms with Crippen LogP contribution in [0, 0.1) is 0 Å². The first kappa shape index (κ1) is 9.40. The topological polar surface area (TPSA) is 54.0 Å². The van der Waals surface area contributed by atoms with Gasteiger partial charge in [0.05, 0.1) is 5.56 Å². The Morgan fingerprint density at radius 2 is 1.73 bits per heavy atom. The van der Waals surface area contributed by atoms with Gasteiger partial charge in [0.25, 0.3) is 0 Å². The van der Waals surface area contributed by atoms with E-state index in [1.807, 2.05) is 0 Å². The minimum atomic E-state index is -1.22. The van der Waals surface area contributed by atoms with Crippen molar-refractivity contribution < 1.29 is 14.7 Å². The molecular weight excluding hydrogens is 192 g/mol. The zero-order chi connectivity index (χ0) is 10.8. The Labute approximate surface area is 86.0 Å². The minimum Gasteiger partial charge on any atom is -0.285 e. The lowest BCUT2D eigenvalue weighted by molar-refractivity contribution is 0.0573. The van der Waals surface area contributed by atoms with E-state index in [4.69, 9.17) is 0 Å². The summed E-state index contributed by atoms with van der Waals surface area (Å²) in [7, 11) is 0. The number of carbonyl (C=O) groups is 1. The van der Waals surface area contributed by atoms with Crippen LogP contribution in [0.3, 0.4) is 0 Å². The van der Waals surface area contributed by atoms with Crippen LogP contribution in [0.15, 0.2) is 36.4 Å². The molecule has 3 heteroatoms. The van der Waals surface area contributed by atoms with Crippen LogP contribution in [0.5, 0.6) is 0 Å². The SMILES string of the molecule is [O]C(=O)c1ccc2ccc([C]=O)cc2c1. The molecule has 0 bridgehead atoms. The Balaban J connectivity index is 2.67. The van der Waals surface area contributed by atoms with Gasteiger partial charge in [0.15, 0.2) is 0 Å². The number of carbonyl (C=O) groups excluding carboxylic acids is 2. The molecule has 0 aliphatic rings. The summed E-state index contributed by atoms with van der Waals surface area (Å²) in [6.07, 6.45) is 1.75. The zero-order valence-electron chi connectivity index (χ0n) is 7.69. The largest absolute Gasteiger partial charge is 0.386 e. The van der Waals surface area contributed by atoms with E-state index in [2.05, 4.69) is 0 Å². The lowest BCUT2D eigenvalue weighted by Gasteiger charge is -1.99. The van der Waals surface area contributed by atoms with Gasteiger partial charge in [0, 0.05) is 5.56 Å². The average Bonchev–Trinajstić information content (AvgIpc) is 2.27. The monoisotopic (exact) mass is 198 g/mol. The summed E-state index contributed by atoms with van der Waals surface area (Å²) in [5.41, 5.74) is 0.503. The molecule has 2 radical (unpaired) electrons. The van der Waals surface area contributed by atoms with Crippen LogP contribution in [-0.4, -0.2) is 12.3 Å². The molecule has 72 valence electrons. The molecule has 0 spiro atoms. The molecule has 0 aliphatic heterocycles. The van der Waals surface area contributed by atoms with Crippen LogP contribution < -0.4 is 0 Å². The second kappa shape index (κ2) is 3.53. The molecule has 2 aromatic rings. The Morgan fingerprint density at radius 1 is 1.00 bits per heavy atom. The second-order valence-electron chi connectivity index (χ2n) is 3.17. The number of hydrogen-bond donors (Lipinski definition) is 0. The van der Waals surface area contributed by atoms with E-state index in [1.165, 1.54) is 12.1 Å². The maximum atomic E-state index is 10.6. The summed E-state index contributed by atoms with van der Waals surface area (Å²) in [4.78, 5) is 21.0. The predicted octanol–water partition coefficient (Wildman–Crippen LogP) is 1.87. The molecule has 2 rings (SSSR count). The third-order valence-electron chi connectivity index (χ3n) is 2.19. The smallest absolute Gasteiger partial charge is 0.285 e. The van der Waals surface area contributed by atoms with Crippen molar-refractivity contribution in [3.8, 4) is 0 Å². The molecular formula is C12H6O3. The molecule has 3 nitrogen and oxygen atoms in total. The highest BCUT2D eigenvalue weighted by Crippen LogP contribution is 2.17. The van der Waals surface area contributed by atoms with E-state index >= 15 is 0 Å². The van der Waals surface area contributed by atoms with Crippen LogP contribution in [0.2, 0.25) is 0 Å². The highest BCUT2D eigenvalue weighted by Gasteiger charge is 2.05. The second-order valence-corrected chi connectivity index (χ2v) is 3.17. The van der Waals surface area contributed by atoms with Gasteiger partial charge in [0.2, 0.25) is 6.29 Å². The maximum Gasteiger partial charge on any atom is 0.386 e. The molecule has 0 atom stereocenters. The predicted molar refractivity (Wildman–Crippen MR) is 53.8 cm³/mol. The molecule has 0 saturated heterocycles. The molecule has 0 aromatic heterocycles. The van der Waals surface area contributed by atoms with Gasteiger partial charge in [-0.2, -0.15) is 0 Å². The van der Waals surface area contributed by atoms with E-state index < -0.39 is 5.97 Å². The quantitative estimate of drug-likeness (QED) is 0.739. The third-order valence-corrected chi connectivity index (χ3v) is 2.19. The van der Waals surface area contributed by atoms with E-state index in [0.29, 0.717) is 10.9 Å². The van der Waals surface area contributed by atoms with E-state index in [-0.39, 0.29) is 5.56 Å². The van der Waals surface area contributed by atoms with Crippen molar-refractivity contribution in [1.82, 2.24) is 0 Å². The van der Waals surface area contributed by atoms with Crippen molar-refractivity contribution in [3.63, 3.8) is 0 Å². The van der Waals surface area contributed by atoms with Crippen LogP contribution in [0.4, 0.5) is 0 Å². The van der Waals surface area contributed by atoms with Crippen LogP contribution >= 0.6 is 0 Å². The highest BCUT2D eigenvalue weighted by molar-refractivity contribution is 5.95. The van der Waals surface area contributed by atoms with Crippen molar-refractivity contribution in [2.75, 3.05) is 0 Å². The molecule has 0 N–H and O–H groups in total. The Hall–Kier alpha value is -2.16. The molecule has 2 aromatic carbocycles. The van der Waals surface area contributed by atoms with Crippen molar-refractivity contribution in [3.05, 3.63) is 47.5 Å². The van der Waals surface area contributed by atoms with Gasteiger partial charge in [0.1, 0.15) is 0 Å².